The van der Waals surface area contributed by atoms with E-state index < -0.39 is 16.6 Å². The summed E-state index contributed by atoms with van der Waals surface area (Å²) in [6, 6.07) is 5.50. The van der Waals surface area contributed by atoms with Crippen LogP contribution in [0.25, 0.3) is 0 Å². The highest BCUT2D eigenvalue weighted by molar-refractivity contribution is 5.95. The van der Waals surface area contributed by atoms with Crippen LogP contribution in [-0.4, -0.2) is 17.4 Å². The van der Waals surface area contributed by atoms with E-state index in [1.54, 1.807) is 12.1 Å². The van der Waals surface area contributed by atoms with Crippen LogP contribution < -0.4 is 5.32 Å². The van der Waals surface area contributed by atoms with Gasteiger partial charge in [0.25, 0.3) is 11.6 Å². The van der Waals surface area contributed by atoms with E-state index in [4.69, 9.17) is 4.42 Å². The number of nitro benzene ring substituents is 1. The number of benzene rings is 1. The van der Waals surface area contributed by atoms with Gasteiger partial charge in [-0.2, -0.15) is 0 Å². The van der Waals surface area contributed by atoms with Crippen molar-refractivity contribution in [2.75, 3.05) is 6.54 Å². The lowest BCUT2D eigenvalue weighted by Gasteiger charge is -2.07. The van der Waals surface area contributed by atoms with Crippen molar-refractivity contribution in [3.8, 4) is 0 Å². The number of rotatable bonds is 5. The van der Waals surface area contributed by atoms with Gasteiger partial charge in [-0.1, -0.05) is 0 Å². The number of aryl methyl sites for hydroxylation is 1. The molecule has 6 nitrogen and oxygen atoms in total. The van der Waals surface area contributed by atoms with Crippen LogP contribution in [0.4, 0.5) is 10.1 Å². The van der Waals surface area contributed by atoms with E-state index in [-0.39, 0.29) is 23.4 Å². The molecule has 0 aliphatic rings. The molecule has 110 valence electrons. The van der Waals surface area contributed by atoms with Crippen molar-refractivity contribution in [2.45, 2.75) is 13.3 Å². The Kier molecular flexibility index (Phi) is 4.32. The number of furan rings is 1. The van der Waals surface area contributed by atoms with Crippen LogP contribution in [0.1, 0.15) is 21.7 Å². The molecule has 21 heavy (non-hydrogen) atoms. The highest BCUT2D eigenvalue weighted by atomic mass is 19.1. The van der Waals surface area contributed by atoms with E-state index in [0.717, 1.165) is 12.1 Å². The third-order valence-electron chi connectivity index (χ3n) is 2.93. The predicted molar refractivity (Wildman–Crippen MR) is 72.5 cm³/mol. The minimum Gasteiger partial charge on any atom is -0.469 e. The van der Waals surface area contributed by atoms with E-state index in [9.17, 15) is 19.3 Å². The largest absolute Gasteiger partial charge is 0.469 e. The Labute approximate surface area is 119 Å². The molecular weight excluding hydrogens is 279 g/mol. The van der Waals surface area contributed by atoms with E-state index in [1.807, 2.05) is 0 Å². The van der Waals surface area contributed by atoms with Crippen molar-refractivity contribution >= 4 is 11.6 Å². The molecule has 1 aromatic heterocycles. The first-order chi connectivity index (χ1) is 9.99. The zero-order chi connectivity index (χ0) is 15.4. The summed E-state index contributed by atoms with van der Waals surface area (Å²) < 4.78 is 19.0. The fraction of sp³-hybridized carbons (Fsp3) is 0.214. The molecule has 1 amide bonds. The fourth-order valence-electron chi connectivity index (χ4n) is 1.87. The first-order valence-electron chi connectivity index (χ1n) is 6.24. The average molecular weight is 292 g/mol. The van der Waals surface area contributed by atoms with Crippen molar-refractivity contribution < 1.29 is 18.5 Å². The van der Waals surface area contributed by atoms with Gasteiger partial charge in [0.15, 0.2) is 0 Å². The van der Waals surface area contributed by atoms with Gasteiger partial charge in [0.2, 0.25) is 0 Å². The number of carbonyl (C=O) groups excluding carboxylic acids is 1. The van der Waals surface area contributed by atoms with Gasteiger partial charge >= 0.3 is 0 Å². The van der Waals surface area contributed by atoms with E-state index in [2.05, 4.69) is 5.32 Å². The number of carbonyl (C=O) groups is 1. The number of amides is 1. The van der Waals surface area contributed by atoms with Crippen LogP contribution in [-0.2, 0) is 6.42 Å². The van der Waals surface area contributed by atoms with Crippen LogP contribution in [0.15, 0.2) is 34.9 Å². The van der Waals surface area contributed by atoms with E-state index in [0.29, 0.717) is 12.2 Å². The van der Waals surface area contributed by atoms with Crippen LogP contribution in [0, 0.1) is 22.9 Å². The molecule has 0 unspecified atom stereocenters. The SMILES string of the molecule is Cc1cc([N+](=O)[O-])cc(C(=O)NCCc2ccco2)c1F. The molecule has 0 fully saturated rings. The molecule has 7 heteroatoms. The maximum Gasteiger partial charge on any atom is 0.270 e. The molecule has 0 saturated carbocycles. The third-order valence-corrected chi connectivity index (χ3v) is 2.93. The Morgan fingerprint density at radius 1 is 1.48 bits per heavy atom. The normalized spacial score (nSPS) is 10.4. The second-order valence-corrected chi connectivity index (χ2v) is 4.47. The Balaban J connectivity index is 2.09. The summed E-state index contributed by atoms with van der Waals surface area (Å²) in [4.78, 5) is 22.0. The summed E-state index contributed by atoms with van der Waals surface area (Å²) >= 11 is 0. The molecule has 1 heterocycles. The Morgan fingerprint density at radius 3 is 2.86 bits per heavy atom. The number of halogens is 1. The number of nitro groups is 1. The monoisotopic (exact) mass is 292 g/mol. The molecule has 0 saturated heterocycles. The average Bonchev–Trinajstić information content (AvgIpc) is 2.94. The first kappa shape index (κ1) is 14.7. The lowest BCUT2D eigenvalue weighted by atomic mass is 10.1. The highest BCUT2D eigenvalue weighted by Crippen LogP contribution is 2.20. The summed E-state index contributed by atoms with van der Waals surface area (Å²) in [5.74, 6) is -0.757. The third kappa shape index (κ3) is 3.44. The molecular formula is C14H13FN2O4. The summed E-state index contributed by atoms with van der Waals surface area (Å²) in [6.07, 6.45) is 1.97. The van der Waals surface area contributed by atoms with Crippen LogP contribution in [0.2, 0.25) is 0 Å². The molecule has 2 rings (SSSR count). The van der Waals surface area contributed by atoms with Gasteiger partial charge in [-0.05, 0) is 24.6 Å². The Bertz CT molecular complexity index is 668. The lowest BCUT2D eigenvalue weighted by Crippen LogP contribution is -2.26. The van der Waals surface area contributed by atoms with E-state index in [1.165, 1.54) is 13.2 Å². The zero-order valence-corrected chi connectivity index (χ0v) is 11.3. The number of hydrogen-bond acceptors (Lipinski definition) is 4. The minimum absolute atomic E-state index is 0.0559. The number of nitrogens with one attached hydrogen (secondary N) is 1. The molecule has 0 aliphatic heterocycles. The van der Waals surface area contributed by atoms with Gasteiger partial charge < -0.3 is 9.73 Å². The number of non-ortho nitro benzene ring substituents is 1. The second-order valence-electron chi connectivity index (χ2n) is 4.47. The zero-order valence-electron chi connectivity index (χ0n) is 11.3. The van der Waals surface area contributed by atoms with Crippen molar-refractivity contribution in [2.24, 2.45) is 0 Å². The Morgan fingerprint density at radius 2 is 2.24 bits per heavy atom. The number of hydrogen-bond donors (Lipinski definition) is 1. The van der Waals surface area contributed by atoms with Gasteiger partial charge in [0.1, 0.15) is 11.6 Å². The highest BCUT2D eigenvalue weighted by Gasteiger charge is 2.19. The van der Waals surface area contributed by atoms with Crippen molar-refractivity contribution in [3.05, 3.63) is 63.3 Å². The second kappa shape index (κ2) is 6.17. The summed E-state index contributed by atoms with van der Waals surface area (Å²) in [5.41, 5.74) is -0.591. The van der Waals surface area contributed by atoms with Gasteiger partial charge in [0, 0.05) is 25.1 Å². The fourth-order valence-corrected chi connectivity index (χ4v) is 1.87. The van der Waals surface area contributed by atoms with Crippen LogP contribution >= 0.6 is 0 Å². The van der Waals surface area contributed by atoms with Crippen LogP contribution in [0.3, 0.4) is 0 Å². The van der Waals surface area contributed by atoms with Crippen molar-refractivity contribution in [3.63, 3.8) is 0 Å². The standard InChI is InChI=1S/C14H13FN2O4/c1-9-7-10(17(19)20)8-12(13(9)15)14(18)16-5-4-11-3-2-6-21-11/h2-3,6-8H,4-5H2,1H3,(H,16,18). The molecule has 0 aliphatic carbocycles. The molecule has 1 aromatic carbocycles. The molecule has 0 atom stereocenters. The van der Waals surface area contributed by atoms with Gasteiger partial charge in [-0.25, -0.2) is 4.39 Å². The molecule has 0 spiro atoms. The van der Waals surface area contributed by atoms with Gasteiger partial charge in [-0.3, -0.25) is 14.9 Å². The molecule has 0 radical (unpaired) electrons. The quantitative estimate of drug-likeness (QED) is 0.678. The summed E-state index contributed by atoms with van der Waals surface area (Å²) in [6.45, 7) is 1.62. The van der Waals surface area contributed by atoms with Crippen molar-refractivity contribution in [1.82, 2.24) is 5.32 Å². The minimum atomic E-state index is -0.754. The molecule has 0 bridgehead atoms. The smallest absolute Gasteiger partial charge is 0.270 e. The summed E-state index contributed by atoms with van der Waals surface area (Å²) in [7, 11) is 0. The van der Waals surface area contributed by atoms with Crippen molar-refractivity contribution in [1.29, 1.82) is 0 Å². The molecule has 2 aromatic rings. The first-order valence-corrected chi connectivity index (χ1v) is 6.24. The van der Waals surface area contributed by atoms with E-state index >= 15 is 0 Å². The Hall–Kier alpha value is -2.70. The predicted octanol–water partition coefficient (Wildman–Crippen LogP) is 2.61. The number of nitrogens with zero attached hydrogens (tertiary/aromatic N) is 1. The molecule has 1 N–H and O–H groups in total. The summed E-state index contributed by atoms with van der Waals surface area (Å²) in [5, 5.41) is 13.3. The lowest BCUT2D eigenvalue weighted by molar-refractivity contribution is -0.385. The maximum atomic E-state index is 13.9. The van der Waals surface area contributed by atoms with Gasteiger partial charge in [-0.15, -0.1) is 0 Å². The topological polar surface area (TPSA) is 85.4 Å². The van der Waals surface area contributed by atoms with Gasteiger partial charge in [0.05, 0.1) is 16.7 Å². The van der Waals surface area contributed by atoms with Crippen LogP contribution in [0.5, 0.6) is 0 Å². The maximum absolute atomic E-state index is 13.9.